The van der Waals surface area contributed by atoms with E-state index in [1.165, 1.54) is 6.07 Å². The Labute approximate surface area is 128 Å². The fourth-order valence-corrected chi connectivity index (χ4v) is 2.59. The Hall–Kier alpha value is -2.07. The highest BCUT2D eigenvalue weighted by Crippen LogP contribution is 2.26. The van der Waals surface area contributed by atoms with Gasteiger partial charge in [-0.25, -0.2) is 4.39 Å². The average Bonchev–Trinajstić information content (AvgIpc) is 2.97. The van der Waals surface area contributed by atoms with Gasteiger partial charge in [-0.1, -0.05) is 35.9 Å². The topological polar surface area (TPSA) is 27.6 Å². The normalized spacial score (nSPS) is 14.0. The Kier molecular flexibility index (Phi) is 3.80. The maximum absolute atomic E-state index is 14.0. The van der Waals surface area contributed by atoms with E-state index in [1.54, 1.807) is 6.07 Å². The van der Waals surface area contributed by atoms with Gasteiger partial charge < -0.3 is 4.90 Å². The van der Waals surface area contributed by atoms with E-state index in [4.69, 9.17) is 11.6 Å². The highest BCUT2D eigenvalue weighted by atomic mass is 35.5. The Morgan fingerprint density at radius 2 is 2.00 bits per heavy atom. The summed E-state index contributed by atoms with van der Waals surface area (Å²) < 4.78 is 14.0. The van der Waals surface area contributed by atoms with Crippen LogP contribution in [0.25, 0.3) is 0 Å². The number of hydrazone groups is 1. The van der Waals surface area contributed by atoms with Gasteiger partial charge in [0, 0.05) is 17.7 Å². The molecular weight excluding hydrogens is 289 g/mol. The van der Waals surface area contributed by atoms with Gasteiger partial charge in [-0.15, -0.1) is 0 Å². The lowest BCUT2D eigenvalue weighted by Gasteiger charge is -2.20. The smallest absolute Gasteiger partial charge is 0.135 e. The minimum atomic E-state index is -0.298. The van der Waals surface area contributed by atoms with Gasteiger partial charge in [0.15, 0.2) is 0 Å². The molecule has 0 atom stereocenters. The molecule has 0 spiro atoms. The first-order valence-electron chi connectivity index (χ1n) is 6.72. The van der Waals surface area contributed by atoms with Crippen molar-refractivity contribution in [3.63, 3.8) is 0 Å². The van der Waals surface area contributed by atoms with Crippen LogP contribution in [0.1, 0.15) is 11.1 Å². The number of benzene rings is 2. The molecule has 0 saturated heterocycles. The number of hydrogen-bond acceptors (Lipinski definition) is 3. The van der Waals surface area contributed by atoms with Crippen LogP contribution in [0.2, 0.25) is 5.02 Å². The summed E-state index contributed by atoms with van der Waals surface area (Å²) >= 11 is 6.24. The van der Waals surface area contributed by atoms with E-state index in [0.29, 0.717) is 23.7 Å². The van der Waals surface area contributed by atoms with Gasteiger partial charge >= 0.3 is 0 Å². The van der Waals surface area contributed by atoms with E-state index in [9.17, 15) is 4.39 Å². The predicted octanol–water partition coefficient (Wildman–Crippen LogP) is 3.71. The SMILES string of the molecule is Cc1ccc(F)c(CC2=NNCN2c2ccccc2)c1Cl. The summed E-state index contributed by atoms with van der Waals surface area (Å²) in [4.78, 5) is 2.01. The Bertz CT molecular complexity index is 685. The van der Waals surface area contributed by atoms with Crippen LogP contribution in [0.3, 0.4) is 0 Å². The van der Waals surface area contributed by atoms with Gasteiger partial charge in [-0.3, -0.25) is 5.43 Å². The van der Waals surface area contributed by atoms with Crippen molar-refractivity contribution in [2.75, 3.05) is 11.6 Å². The second-order valence-corrected chi connectivity index (χ2v) is 5.32. The van der Waals surface area contributed by atoms with Crippen LogP contribution in [-0.2, 0) is 6.42 Å². The second-order valence-electron chi connectivity index (χ2n) is 4.94. The van der Waals surface area contributed by atoms with Crippen LogP contribution in [0.15, 0.2) is 47.6 Å². The fourth-order valence-electron chi connectivity index (χ4n) is 2.37. The summed E-state index contributed by atoms with van der Waals surface area (Å²) in [7, 11) is 0. The van der Waals surface area contributed by atoms with Gasteiger partial charge in [0.25, 0.3) is 0 Å². The molecule has 2 aromatic rings. The highest BCUT2D eigenvalue weighted by Gasteiger charge is 2.21. The van der Waals surface area contributed by atoms with E-state index in [0.717, 1.165) is 17.1 Å². The quantitative estimate of drug-likeness (QED) is 0.936. The van der Waals surface area contributed by atoms with Crippen molar-refractivity contribution in [3.8, 4) is 0 Å². The molecule has 108 valence electrons. The number of anilines is 1. The third-order valence-electron chi connectivity index (χ3n) is 3.53. The van der Waals surface area contributed by atoms with E-state index in [-0.39, 0.29) is 5.82 Å². The van der Waals surface area contributed by atoms with Crippen molar-refractivity contribution in [1.29, 1.82) is 0 Å². The van der Waals surface area contributed by atoms with Gasteiger partial charge in [-0.2, -0.15) is 5.10 Å². The molecule has 0 saturated carbocycles. The summed E-state index contributed by atoms with van der Waals surface area (Å²) in [6, 6.07) is 13.0. The molecule has 1 N–H and O–H groups in total. The summed E-state index contributed by atoms with van der Waals surface area (Å²) in [6.07, 6.45) is 0.355. The van der Waals surface area contributed by atoms with E-state index in [2.05, 4.69) is 10.5 Å². The molecule has 3 rings (SSSR count). The summed E-state index contributed by atoms with van der Waals surface area (Å²) in [5.74, 6) is 0.459. The van der Waals surface area contributed by atoms with Crippen molar-refractivity contribution in [3.05, 3.63) is 64.4 Å². The van der Waals surface area contributed by atoms with E-state index in [1.807, 2.05) is 42.2 Å². The van der Waals surface area contributed by atoms with Gasteiger partial charge in [0.2, 0.25) is 0 Å². The van der Waals surface area contributed by atoms with Crippen molar-refractivity contribution < 1.29 is 4.39 Å². The molecule has 0 aliphatic carbocycles. The molecule has 1 heterocycles. The first kappa shape index (κ1) is 13.9. The average molecular weight is 304 g/mol. The lowest BCUT2D eigenvalue weighted by Crippen LogP contribution is -2.30. The van der Waals surface area contributed by atoms with Gasteiger partial charge in [0.1, 0.15) is 18.3 Å². The van der Waals surface area contributed by atoms with Gasteiger partial charge in [0.05, 0.1) is 5.02 Å². The molecule has 2 aromatic carbocycles. The first-order valence-corrected chi connectivity index (χ1v) is 7.10. The second kappa shape index (κ2) is 5.74. The van der Waals surface area contributed by atoms with Crippen LogP contribution < -0.4 is 10.3 Å². The third-order valence-corrected chi connectivity index (χ3v) is 4.06. The van der Waals surface area contributed by atoms with E-state index < -0.39 is 0 Å². The number of nitrogens with zero attached hydrogens (tertiary/aromatic N) is 2. The molecule has 0 unspecified atom stereocenters. The number of hydrogen-bond donors (Lipinski definition) is 1. The van der Waals surface area contributed by atoms with E-state index >= 15 is 0 Å². The molecule has 1 aliphatic rings. The van der Waals surface area contributed by atoms with Crippen molar-refractivity contribution in [2.24, 2.45) is 5.10 Å². The molecule has 0 fully saturated rings. The standard InChI is InChI=1S/C16H15ClFN3/c1-11-7-8-14(18)13(16(11)17)9-15-20-19-10-21(15)12-5-3-2-4-6-12/h2-8,19H,9-10H2,1H3. The lowest BCUT2D eigenvalue weighted by molar-refractivity contribution is 0.615. The first-order chi connectivity index (χ1) is 10.2. The lowest BCUT2D eigenvalue weighted by atomic mass is 10.1. The third kappa shape index (κ3) is 2.72. The Morgan fingerprint density at radius 1 is 1.24 bits per heavy atom. The van der Waals surface area contributed by atoms with Crippen LogP contribution in [0.4, 0.5) is 10.1 Å². The van der Waals surface area contributed by atoms with Crippen molar-refractivity contribution in [1.82, 2.24) is 5.43 Å². The molecule has 0 bridgehead atoms. The fraction of sp³-hybridized carbons (Fsp3) is 0.188. The zero-order chi connectivity index (χ0) is 14.8. The summed E-state index contributed by atoms with van der Waals surface area (Å²) in [6.45, 7) is 2.44. The number of para-hydroxylation sites is 1. The maximum Gasteiger partial charge on any atom is 0.135 e. The monoisotopic (exact) mass is 303 g/mol. The van der Waals surface area contributed by atoms with Crippen molar-refractivity contribution in [2.45, 2.75) is 13.3 Å². The Balaban J connectivity index is 1.90. The number of amidine groups is 1. The molecule has 0 aromatic heterocycles. The predicted molar refractivity (Wildman–Crippen MR) is 84.2 cm³/mol. The zero-order valence-corrected chi connectivity index (χ0v) is 12.4. The number of nitrogens with one attached hydrogen (secondary N) is 1. The molecule has 5 heteroatoms. The van der Waals surface area contributed by atoms with Crippen LogP contribution in [0.5, 0.6) is 0 Å². The molecular formula is C16H15ClFN3. The highest BCUT2D eigenvalue weighted by molar-refractivity contribution is 6.32. The molecule has 1 aliphatic heterocycles. The van der Waals surface area contributed by atoms with Crippen LogP contribution in [-0.4, -0.2) is 12.5 Å². The van der Waals surface area contributed by atoms with Gasteiger partial charge in [-0.05, 0) is 30.7 Å². The molecule has 3 nitrogen and oxygen atoms in total. The number of halogens is 2. The zero-order valence-electron chi connectivity index (χ0n) is 11.6. The molecule has 21 heavy (non-hydrogen) atoms. The number of aryl methyl sites for hydroxylation is 1. The summed E-state index contributed by atoms with van der Waals surface area (Å²) in [5, 5.41) is 4.74. The van der Waals surface area contributed by atoms with Crippen LogP contribution in [0, 0.1) is 12.7 Å². The number of rotatable bonds is 3. The molecule has 0 amide bonds. The Morgan fingerprint density at radius 3 is 2.76 bits per heavy atom. The minimum Gasteiger partial charge on any atom is -0.309 e. The molecule has 0 radical (unpaired) electrons. The summed E-state index contributed by atoms with van der Waals surface area (Å²) in [5.41, 5.74) is 5.31. The minimum absolute atomic E-state index is 0.298. The maximum atomic E-state index is 14.0. The van der Waals surface area contributed by atoms with Crippen molar-refractivity contribution >= 4 is 23.1 Å². The largest absolute Gasteiger partial charge is 0.309 e. The van der Waals surface area contributed by atoms with Crippen LogP contribution >= 0.6 is 11.6 Å².